The van der Waals surface area contributed by atoms with Crippen LogP contribution in [0.3, 0.4) is 0 Å². The molecule has 0 spiro atoms. The van der Waals surface area contributed by atoms with E-state index >= 15 is 0 Å². The molecular weight excluding hydrogens is 420 g/mol. The van der Waals surface area contributed by atoms with E-state index in [2.05, 4.69) is 17.0 Å². The molecule has 1 saturated heterocycles. The molecule has 2 atom stereocenters. The molecule has 0 radical (unpaired) electrons. The Balaban J connectivity index is 1.70. The molecule has 164 valence electrons. The molecule has 30 heavy (non-hydrogen) atoms. The fourth-order valence-corrected chi connectivity index (χ4v) is 3.26. The average molecular weight is 441 g/mol. The van der Waals surface area contributed by atoms with Crippen LogP contribution in [-0.2, 0) is 30.3 Å². The van der Waals surface area contributed by atoms with Crippen LogP contribution < -0.4 is 10.5 Å². The van der Waals surface area contributed by atoms with Crippen molar-refractivity contribution in [2.75, 3.05) is 17.1 Å². The third kappa shape index (κ3) is 6.06. The van der Waals surface area contributed by atoms with Crippen molar-refractivity contribution in [2.24, 2.45) is 4.99 Å². The maximum atomic E-state index is 11.8. The molecule has 1 heterocycles. The minimum atomic E-state index is -2.52. The van der Waals surface area contributed by atoms with Crippen LogP contribution >= 0.6 is 0 Å². The fraction of sp³-hybridized carbons (Fsp3) is 0.412. The molecular formula is C17H21N4O8S-. The van der Waals surface area contributed by atoms with Crippen molar-refractivity contribution in [1.29, 1.82) is 0 Å². The number of hydrogen-bond acceptors (Lipinski definition) is 10. The van der Waals surface area contributed by atoms with Gasteiger partial charge in [-0.25, -0.2) is 9.00 Å². The number of aliphatic imine (C=N–C) groups is 1. The number of carbonyl (C=O) groups is 3. The average Bonchev–Trinajstić information content (AvgIpc) is 2.98. The van der Waals surface area contributed by atoms with Crippen LogP contribution in [0, 0.1) is 5.21 Å². The molecule has 3 N–H and O–H groups in total. The van der Waals surface area contributed by atoms with E-state index in [1.54, 1.807) is 12.1 Å². The third-order valence-electron chi connectivity index (χ3n) is 4.24. The predicted octanol–water partition coefficient (Wildman–Crippen LogP) is 1.49. The summed E-state index contributed by atoms with van der Waals surface area (Å²) in [5, 5.41) is 21.9. The first-order valence-electron chi connectivity index (χ1n) is 8.92. The summed E-state index contributed by atoms with van der Waals surface area (Å²) in [5.74, 6) is -2.65. The van der Waals surface area contributed by atoms with Crippen LogP contribution in [0.15, 0.2) is 23.2 Å². The summed E-state index contributed by atoms with van der Waals surface area (Å²) in [6.45, 7) is 3.80. The van der Waals surface area contributed by atoms with Gasteiger partial charge in [-0.15, -0.1) is 5.06 Å². The lowest BCUT2D eigenvalue weighted by atomic mass is 10.2. The Bertz CT molecular complexity index is 847. The molecule has 0 aromatic heterocycles. The number of rotatable bonds is 11. The zero-order valence-corrected chi connectivity index (χ0v) is 16.7. The van der Waals surface area contributed by atoms with Gasteiger partial charge in [-0.1, -0.05) is 6.42 Å². The molecule has 12 nitrogen and oxygen atoms in total. The largest absolute Gasteiger partial charge is 0.733 e. The van der Waals surface area contributed by atoms with Gasteiger partial charge in [0.25, 0.3) is 11.8 Å². The number of hydroxylamine groups is 2. The molecule has 1 aromatic carbocycles. The van der Waals surface area contributed by atoms with Gasteiger partial charge in [0, 0.05) is 13.0 Å². The van der Waals surface area contributed by atoms with Crippen molar-refractivity contribution in [3.63, 3.8) is 0 Å². The Morgan fingerprint density at radius 3 is 2.73 bits per heavy atom. The van der Waals surface area contributed by atoms with Crippen molar-refractivity contribution in [1.82, 2.24) is 5.06 Å². The van der Waals surface area contributed by atoms with Gasteiger partial charge in [0.1, 0.15) is 0 Å². The molecule has 0 bridgehead atoms. The van der Waals surface area contributed by atoms with E-state index in [-0.39, 0.29) is 22.4 Å². The second-order valence-corrected chi connectivity index (χ2v) is 7.45. The normalized spacial score (nSPS) is 17.0. The standard InChI is InChI=1S/C17H21N4O8S/c1-18-11-6-7-12(13(9-11)21(25)26)19-8-4-2-3-5-16(23)29-20-15(22)10-14(17(20)24)30(27)28/h6-7,9,14,19,25H,1-5,8,10H2,(H,27,28)/q-1. The van der Waals surface area contributed by atoms with Gasteiger partial charge in [-0.3, -0.25) is 19.8 Å². The first-order chi connectivity index (χ1) is 14.2. The summed E-state index contributed by atoms with van der Waals surface area (Å²) in [5.41, 5.74) is 0.821. The van der Waals surface area contributed by atoms with Crippen LogP contribution in [0.1, 0.15) is 32.1 Å². The lowest BCUT2D eigenvalue weighted by Crippen LogP contribution is -2.35. The predicted molar refractivity (Wildman–Crippen MR) is 107 cm³/mol. The topological polar surface area (TPSA) is 172 Å². The number of anilines is 2. The number of unbranched alkanes of at least 4 members (excludes halogenated alkanes) is 2. The zero-order chi connectivity index (χ0) is 22.3. The lowest BCUT2D eigenvalue weighted by molar-refractivity contribution is -0.197. The Kier molecular flexibility index (Phi) is 8.41. The van der Waals surface area contributed by atoms with E-state index < -0.39 is 40.5 Å². The van der Waals surface area contributed by atoms with Crippen molar-refractivity contribution < 1.29 is 33.2 Å². The highest BCUT2D eigenvalue weighted by atomic mass is 32.2. The number of hydrogen-bond donors (Lipinski definition) is 3. The molecule has 1 aliphatic rings. The summed E-state index contributed by atoms with van der Waals surface area (Å²) in [6.07, 6.45) is 1.08. The first kappa shape index (κ1) is 23.4. The van der Waals surface area contributed by atoms with Gasteiger partial charge in [0.05, 0.1) is 23.5 Å². The Labute approximate surface area is 174 Å². The maximum Gasteiger partial charge on any atom is 0.333 e. The number of amides is 2. The van der Waals surface area contributed by atoms with Crippen LogP contribution in [0.25, 0.3) is 0 Å². The zero-order valence-electron chi connectivity index (χ0n) is 15.9. The number of nitrogens with zero attached hydrogens (tertiary/aromatic N) is 3. The van der Waals surface area contributed by atoms with E-state index in [0.29, 0.717) is 37.2 Å². The van der Waals surface area contributed by atoms with Gasteiger partial charge in [0.15, 0.2) is 16.3 Å². The van der Waals surface area contributed by atoms with Crippen LogP contribution in [0.4, 0.5) is 17.1 Å². The molecule has 1 fully saturated rings. The Hall–Kier alpha value is -2.87. The van der Waals surface area contributed by atoms with Crippen LogP contribution in [0.2, 0.25) is 0 Å². The molecule has 13 heteroatoms. The van der Waals surface area contributed by atoms with E-state index in [4.69, 9.17) is 14.6 Å². The van der Waals surface area contributed by atoms with Crippen LogP contribution in [-0.4, -0.2) is 55.3 Å². The van der Waals surface area contributed by atoms with Gasteiger partial charge in [0.2, 0.25) is 0 Å². The second-order valence-electron chi connectivity index (χ2n) is 6.33. The molecule has 2 rings (SSSR count). The van der Waals surface area contributed by atoms with Gasteiger partial charge in [-0.2, -0.15) is 0 Å². The molecule has 1 aromatic rings. The fourth-order valence-electron chi connectivity index (χ4n) is 2.70. The maximum absolute atomic E-state index is 11.8. The van der Waals surface area contributed by atoms with Crippen LogP contribution in [0.5, 0.6) is 0 Å². The summed E-state index contributed by atoms with van der Waals surface area (Å²) in [4.78, 5) is 43.6. The highest BCUT2D eigenvalue weighted by molar-refractivity contribution is 7.80. The minimum Gasteiger partial charge on any atom is -0.733 e. The van der Waals surface area contributed by atoms with E-state index in [1.165, 1.54) is 6.07 Å². The van der Waals surface area contributed by atoms with Gasteiger partial charge in [-0.05, 0) is 37.8 Å². The first-order valence-corrected chi connectivity index (χ1v) is 10.1. The smallest absolute Gasteiger partial charge is 0.333 e. The number of imide groups is 1. The monoisotopic (exact) mass is 441 g/mol. The number of benzene rings is 1. The van der Waals surface area contributed by atoms with E-state index in [9.17, 15) is 23.8 Å². The minimum absolute atomic E-state index is 0.00876. The molecule has 2 amide bonds. The summed E-state index contributed by atoms with van der Waals surface area (Å²) in [6, 6.07) is 4.57. The van der Waals surface area contributed by atoms with Crippen molar-refractivity contribution in [3.8, 4) is 0 Å². The molecule has 0 aliphatic carbocycles. The van der Waals surface area contributed by atoms with Crippen molar-refractivity contribution >= 4 is 52.6 Å². The number of nitrogens with one attached hydrogen (secondary N) is 1. The molecule has 1 aliphatic heterocycles. The SMILES string of the molecule is C=Nc1ccc(NCCCCCC(=O)ON2C(=O)CC(S(=O)O)C2=O)c(N([O-])O)c1. The van der Waals surface area contributed by atoms with Crippen molar-refractivity contribution in [2.45, 2.75) is 37.4 Å². The van der Waals surface area contributed by atoms with E-state index in [0.717, 1.165) is 0 Å². The van der Waals surface area contributed by atoms with E-state index in [1.807, 2.05) is 0 Å². The molecule has 0 saturated carbocycles. The summed E-state index contributed by atoms with van der Waals surface area (Å²) in [7, 11) is 0. The van der Waals surface area contributed by atoms with Gasteiger partial charge < -0.3 is 25.1 Å². The van der Waals surface area contributed by atoms with Gasteiger partial charge >= 0.3 is 5.97 Å². The number of carbonyl (C=O) groups excluding carboxylic acids is 3. The second kappa shape index (κ2) is 10.8. The van der Waals surface area contributed by atoms with Crippen molar-refractivity contribution in [3.05, 3.63) is 23.4 Å². The summed E-state index contributed by atoms with van der Waals surface area (Å²) >= 11 is -2.52. The Morgan fingerprint density at radius 2 is 2.13 bits per heavy atom. The third-order valence-corrected chi connectivity index (χ3v) is 5.10. The Morgan fingerprint density at radius 1 is 1.40 bits per heavy atom. The quantitative estimate of drug-likeness (QED) is 0.150. The lowest BCUT2D eigenvalue weighted by Gasteiger charge is -2.25. The summed E-state index contributed by atoms with van der Waals surface area (Å²) < 4.78 is 19.9. The highest BCUT2D eigenvalue weighted by Crippen LogP contribution is 2.29. The molecule has 2 unspecified atom stereocenters. The highest BCUT2D eigenvalue weighted by Gasteiger charge is 2.44.